The molecule has 1 aromatic heterocycles. The molecule has 2 rings (SSSR count). The van der Waals surface area contributed by atoms with Gasteiger partial charge in [0.05, 0.1) is 5.56 Å². The number of likely N-dealkylation sites (tertiary alicyclic amines) is 1. The van der Waals surface area contributed by atoms with Gasteiger partial charge in [0.15, 0.2) is 17.1 Å². The van der Waals surface area contributed by atoms with Crippen LogP contribution >= 0.6 is 0 Å². The van der Waals surface area contributed by atoms with Crippen LogP contribution in [0.1, 0.15) is 30.6 Å². The molecule has 4 atom stereocenters. The summed E-state index contributed by atoms with van der Waals surface area (Å²) in [6, 6.07) is 1.04. The minimum atomic E-state index is -2.68. The fourth-order valence-electron chi connectivity index (χ4n) is 2.62. The third-order valence-corrected chi connectivity index (χ3v) is 5.16. The van der Waals surface area contributed by atoms with Crippen molar-refractivity contribution in [3.63, 3.8) is 0 Å². The molecule has 3 N–H and O–H groups in total. The van der Waals surface area contributed by atoms with E-state index in [2.05, 4.69) is 15.5 Å². The van der Waals surface area contributed by atoms with Gasteiger partial charge in [0.2, 0.25) is 5.91 Å². The zero-order chi connectivity index (χ0) is 19.5. The number of amides is 2. The zero-order valence-electron chi connectivity index (χ0n) is 14.0. The molecule has 10 nitrogen and oxygen atoms in total. The summed E-state index contributed by atoms with van der Waals surface area (Å²) in [6.07, 6.45) is 3.81. The normalized spacial score (nSPS) is 21.6. The van der Waals surface area contributed by atoms with Crippen LogP contribution in [0.15, 0.2) is 29.6 Å². The lowest BCUT2D eigenvalue weighted by Gasteiger charge is -2.46. The van der Waals surface area contributed by atoms with Gasteiger partial charge < -0.3 is 14.6 Å². The van der Waals surface area contributed by atoms with Crippen molar-refractivity contribution in [3.8, 4) is 0 Å². The predicted molar refractivity (Wildman–Crippen MR) is 91.7 cm³/mol. The van der Waals surface area contributed by atoms with Crippen molar-refractivity contribution in [1.82, 2.24) is 15.3 Å². The largest absolute Gasteiger partial charge is 0.480 e. The van der Waals surface area contributed by atoms with Crippen LogP contribution in [0.4, 0.5) is 0 Å². The summed E-state index contributed by atoms with van der Waals surface area (Å²) >= 11 is -2.68. The van der Waals surface area contributed by atoms with Gasteiger partial charge in [-0.1, -0.05) is 0 Å². The Kier molecular flexibility index (Phi) is 5.83. The Morgan fingerprint density at radius 3 is 2.73 bits per heavy atom. The van der Waals surface area contributed by atoms with Crippen LogP contribution in [0, 0.1) is 0 Å². The highest BCUT2D eigenvalue weighted by Gasteiger charge is 2.53. The van der Waals surface area contributed by atoms with Crippen LogP contribution < -0.4 is 5.43 Å². The molecule has 1 aliphatic rings. The lowest BCUT2D eigenvalue weighted by atomic mass is 9.92. The molecule has 0 aliphatic carbocycles. The van der Waals surface area contributed by atoms with E-state index in [4.69, 9.17) is 0 Å². The van der Waals surface area contributed by atoms with Gasteiger partial charge in [-0.05, 0) is 26.0 Å². The lowest BCUT2D eigenvalue weighted by molar-refractivity contribution is -0.161. The Labute approximate surface area is 151 Å². The van der Waals surface area contributed by atoms with Crippen LogP contribution in [0.5, 0.6) is 0 Å². The number of aromatic nitrogens is 1. The number of rotatable bonds is 7. The molecule has 1 aliphatic heterocycles. The van der Waals surface area contributed by atoms with Crippen molar-refractivity contribution < 1.29 is 28.3 Å². The SMILES string of the molecule is C[C@@H]1CC(=O)N1[C@@H](C(=O)O)[C@](C)(/C=N/NC(=O)c1cccnc1)S(=O)O. The Morgan fingerprint density at radius 1 is 1.58 bits per heavy atom. The number of carbonyl (C=O) groups excluding carboxylic acids is 2. The van der Waals surface area contributed by atoms with E-state index in [0.717, 1.165) is 11.1 Å². The molecule has 2 heterocycles. The van der Waals surface area contributed by atoms with Crippen molar-refractivity contribution in [2.24, 2.45) is 5.10 Å². The number of carboxylic acids is 1. The fraction of sp³-hybridized carbons (Fsp3) is 0.400. The van der Waals surface area contributed by atoms with Crippen molar-refractivity contribution in [1.29, 1.82) is 0 Å². The molecule has 0 radical (unpaired) electrons. The van der Waals surface area contributed by atoms with E-state index in [-0.39, 0.29) is 18.0 Å². The van der Waals surface area contributed by atoms with Crippen molar-refractivity contribution in [2.45, 2.75) is 37.1 Å². The standard InChI is InChI=1S/C15H18N4O6S/c1-9-6-11(20)19(9)12(14(22)23)15(2,26(24)25)8-17-18-13(21)10-4-3-5-16-7-10/h3-5,7-9,12H,6H2,1-2H3,(H,18,21)(H,22,23)(H,24,25)/b17-8+/t9-,12+,15+/m1/s1. The first-order valence-corrected chi connectivity index (χ1v) is 8.68. The van der Waals surface area contributed by atoms with Gasteiger partial charge in [0.25, 0.3) is 5.91 Å². The highest BCUT2D eigenvalue weighted by Crippen LogP contribution is 2.30. The Bertz CT molecular complexity index is 771. The number of carboxylic acid groups (broad SMARTS) is 1. The monoisotopic (exact) mass is 382 g/mol. The van der Waals surface area contributed by atoms with E-state index in [1.165, 1.54) is 25.4 Å². The number of pyridine rings is 1. The summed E-state index contributed by atoms with van der Waals surface area (Å²) < 4.78 is 19.6. The highest BCUT2D eigenvalue weighted by atomic mass is 32.2. The number of carbonyl (C=O) groups is 3. The van der Waals surface area contributed by atoms with Gasteiger partial charge in [-0.2, -0.15) is 5.10 Å². The fourth-order valence-corrected chi connectivity index (χ4v) is 3.17. The third-order valence-electron chi connectivity index (χ3n) is 4.07. The number of nitrogens with one attached hydrogen (secondary N) is 1. The van der Waals surface area contributed by atoms with Crippen molar-refractivity contribution in [2.75, 3.05) is 0 Å². The Balaban J connectivity index is 2.24. The molecule has 1 saturated heterocycles. The summed E-state index contributed by atoms with van der Waals surface area (Å²) in [5, 5.41) is 13.1. The van der Waals surface area contributed by atoms with E-state index < -0.39 is 39.7 Å². The highest BCUT2D eigenvalue weighted by molar-refractivity contribution is 7.81. The van der Waals surface area contributed by atoms with E-state index in [1.807, 2.05) is 0 Å². The molecule has 1 aromatic rings. The Morgan fingerprint density at radius 2 is 2.27 bits per heavy atom. The van der Waals surface area contributed by atoms with Crippen molar-refractivity contribution >= 4 is 35.1 Å². The number of aliphatic carboxylic acids is 1. The third kappa shape index (κ3) is 3.78. The molecular weight excluding hydrogens is 364 g/mol. The van der Waals surface area contributed by atoms with Crippen molar-refractivity contribution in [3.05, 3.63) is 30.1 Å². The summed E-state index contributed by atoms with van der Waals surface area (Å²) in [6.45, 7) is 2.82. The molecule has 2 amide bonds. The van der Waals surface area contributed by atoms with Crippen LogP contribution in [0.2, 0.25) is 0 Å². The molecule has 0 bridgehead atoms. The molecule has 0 spiro atoms. The van der Waals surface area contributed by atoms with Crippen LogP contribution in [-0.2, 0) is 20.7 Å². The van der Waals surface area contributed by atoms with E-state index in [0.29, 0.717) is 0 Å². The van der Waals surface area contributed by atoms with Gasteiger partial charge >= 0.3 is 5.97 Å². The smallest absolute Gasteiger partial charge is 0.328 e. The van der Waals surface area contributed by atoms with Gasteiger partial charge in [-0.3, -0.25) is 14.6 Å². The number of hydrogen-bond acceptors (Lipinski definition) is 6. The van der Waals surface area contributed by atoms with Gasteiger partial charge in [0, 0.05) is 31.1 Å². The molecule has 26 heavy (non-hydrogen) atoms. The first-order valence-electron chi connectivity index (χ1n) is 7.58. The second-order valence-electron chi connectivity index (χ2n) is 5.97. The first-order chi connectivity index (χ1) is 12.2. The number of hydrogen-bond donors (Lipinski definition) is 3. The number of nitrogens with zero attached hydrogens (tertiary/aromatic N) is 3. The van der Waals surface area contributed by atoms with E-state index in [9.17, 15) is 28.3 Å². The first kappa shape index (κ1) is 19.7. The Hall–Kier alpha value is -2.66. The topological polar surface area (TPSA) is 149 Å². The van der Waals surface area contributed by atoms with E-state index in [1.54, 1.807) is 13.0 Å². The summed E-state index contributed by atoms with van der Waals surface area (Å²) in [5.74, 6) is -2.50. The second-order valence-corrected chi connectivity index (χ2v) is 7.35. The van der Waals surface area contributed by atoms with Gasteiger partial charge in [0.1, 0.15) is 4.75 Å². The molecule has 140 valence electrons. The minimum Gasteiger partial charge on any atom is -0.480 e. The maximum Gasteiger partial charge on any atom is 0.328 e. The predicted octanol–water partition coefficient (Wildman–Crippen LogP) is -0.148. The minimum absolute atomic E-state index is 0.160. The average Bonchev–Trinajstić information content (AvgIpc) is 2.59. The number of hydrazone groups is 1. The maximum atomic E-state index is 11.9. The molecule has 1 unspecified atom stereocenters. The van der Waals surface area contributed by atoms with Gasteiger partial charge in [-0.15, -0.1) is 0 Å². The van der Waals surface area contributed by atoms with Gasteiger partial charge in [-0.25, -0.2) is 14.4 Å². The maximum absolute atomic E-state index is 11.9. The molecule has 11 heteroatoms. The summed E-state index contributed by atoms with van der Waals surface area (Å²) in [5.41, 5.74) is 2.36. The molecule has 1 fully saturated rings. The lowest BCUT2D eigenvalue weighted by Crippen LogP contribution is -2.67. The van der Waals surface area contributed by atoms with E-state index >= 15 is 0 Å². The quantitative estimate of drug-likeness (QED) is 0.257. The number of β-lactam (4-membered cyclic amide) rings is 1. The van der Waals surface area contributed by atoms with Crippen LogP contribution in [-0.4, -0.2) is 64.6 Å². The van der Waals surface area contributed by atoms with Crippen LogP contribution in [0.25, 0.3) is 0 Å². The molecular formula is C15H18N4O6S. The summed E-state index contributed by atoms with van der Waals surface area (Å²) in [4.78, 5) is 40.2. The second kappa shape index (κ2) is 7.70. The van der Waals surface area contributed by atoms with Crippen LogP contribution in [0.3, 0.4) is 0 Å². The molecule has 0 saturated carbocycles. The summed E-state index contributed by atoms with van der Waals surface area (Å²) in [7, 11) is 0. The molecule has 0 aromatic carbocycles. The zero-order valence-corrected chi connectivity index (χ0v) is 14.8. The average molecular weight is 382 g/mol.